The van der Waals surface area contributed by atoms with Gasteiger partial charge in [0.2, 0.25) is 5.91 Å². The third kappa shape index (κ3) is 6.90. The molecule has 4 rings (SSSR count). The molecule has 2 aliphatic carbocycles. The normalized spacial score (nSPS) is 17.9. The van der Waals surface area contributed by atoms with Gasteiger partial charge in [-0.15, -0.1) is 0 Å². The third-order valence-corrected chi connectivity index (χ3v) is 7.78. The van der Waals surface area contributed by atoms with E-state index in [4.69, 9.17) is 16.3 Å². The first kappa shape index (κ1) is 28.5. The van der Waals surface area contributed by atoms with Crippen molar-refractivity contribution in [3.8, 4) is 0 Å². The predicted molar refractivity (Wildman–Crippen MR) is 142 cm³/mol. The van der Waals surface area contributed by atoms with E-state index >= 15 is 0 Å². The van der Waals surface area contributed by atoms with Crippen LogP contribution < -0.4 is 5.32 Å². The van der Waals surface area contributed by atoms with E-state index in [1.54, 1.807) is 24.3 Å². The largest absolute Gasteiger partial charge is 0.460 e. The fourth-order valence-electron chi connectivity index (χ4n) is 5.34. The minimum absolute atomic E-state index is 0.126. The van der Waals surface area contributed by atoms with Gasteiger partial charge in [0.25, 0.3) is 0 Å². The van der Waals surface area contributed by atoms with Crippen LogP contribution in [0.2, 0.25) is 5.02 Å². The van der Waals surface area contributed by atoms with Gasteiger partial charge in [-0.1, -0.05) is 42.8 Å². The van der Waals surface area contributed by atoms with Crippen molar-refractivity contribution < 1.29 is 27.5 Å². The average molecular weight is 550 g/mol. The van der Waals surface area contributed by atoms with Gasteiger partial charge < -0.3 is 10.1 Å². The molecule has 4 nitrogen and oxygen atoms in total. The lowest BCUT2D eigenvalue weighted by atomic mass is 9.84. The molecule has 0 heterocycles. The first-order valence-corrected chi connectivity index (χ1v) is 13.6. The average Bonchev–Trinajstić information content (AvgIpc) is 3.54. The van der Waals surface area contributed by atoms with Gasteiger partial charge >= 0.3 is 12.1 Å². The van der Waals surface area contributed by atoms with Crippen molar-refractivity contribution in [3.05, 3.63) is 63.7 Å². The number of halogens is 4. The number of esters is 1. The summed E-state index contributed by atoms with van der Waals surface area (Å²) in [6, 6.07) is 10.3. The Labute approximate surface area is 227 Å². The summed E-state index contributed by atoms with van der Waals surface area (Å²) in [5, 5.41) is 2.91. The number of fused-ring (bicyclic) bond motifs is 1. The van der Waals surface area contributed by atoms with Crippen LogP contribution in [0.5, 0.6) is 0 Å². The molecule has 38 heavy (non-hydrogen) atoms. The van der Waals surface area contributed by atoms with Gasteiger partial charge in [-0.2, -0.15) is 13.2 Å². The summed E-state index contributed by atoms with van der Waals surface area (Å²) in [4.78, 5) is 26.0. The van der Waals surface area contributed by atoms with Crippen LogP contribution in [0.15, 0.2) is 36.4 Å². The molecule has 0 saturated heterocycles. The van der Waals surface area contributed by atoms with Crippen LogP contribution in [0.25, 0.3) is 0 Å². The Morgan fingerprint density at radius 2 is 1.68 bits per heavy atom. The van der Waals surface area contributed by atoms with Crippen molar-refractivity contribution in [2.45, 2.75) is 89.8 Å². The van der Waals surface area contributed by atoms with Gasteiger partial charge in [-0.05, 0) is 99.1 Å². The molecular formula is C30H35ClF3NO3. The standard InChI is InChI=1S/C30H35ClF3NO3/c1-17(30(32,33)34)27(22-11-8-18-6-5-7-20(18)14-22)28(37)35-25-15-21(12-13-24(25)31)23(19-9-10-19)16-26(36)38-29(2,3)4/h8,11-15,17,19,23,27H,5-7,9-10,16H2,1-4H3,(H,35,37). The zero-order chi connectivity index (χ0) is 27.8. The molecule has 1 N–H and O–H groups in total. The molecule has 3 unspecified atom stereocenters. The Bertz CT molecular complexity index is 1200. The maximum atomic E-state index is 13.9. The van der Waals surface area contributed by atoms with Crippen molar-refractivity contribution >= 4 is 29.2 Å². The topological polar surface area (TPSA) is 55.4 Å². The van der Waals surface area contributed by atoms with Crippen LogP contribution in [0.4, 0.5) is 18.9 Å². The van der Waals surface area contributed by atoms with Crippen molar-refractivity contribution in [2.24, 2.45) is 11.8 Å². The van der Waals surface area contributed by atoms with E-state index < -0.39 is 29.5 Å². The highest BCUT2D eigenvalue weighted by atomic mass is 35.5. The molecule has 1 saturated carbocycles. The lowest BCUT2D eigenvalue weighted by Crippen LogP contribution is -2.34. The molecule has 1 amide bonds. The maximum Gasteiger partial charge on any atom is 0.392 e. The molecule has 0 spiro atoms. The van der Waals surface area contributed by atoms with Gasteiger partial charge in [-0.25, -0.2) is 0 Å². The Morgan fingerprint density at radius 3 is 2.32 bits per heavy atom. The molecule has 2 aromatic carbocycles. The molecule has 8 heteroatoms. The molecule has 0 bridgehead atoms. The number of nitrogens with one attached hydrogen (secondary N) is 1. The van der Waals surface area contributed by atoms with Crippen molar-refractivity contribution in [2.75, 3.05) is 5.32 Å². The van der Waals surface area contributed by atoms with Crippen molar-refractivity contribution in [3.63, 3.8) is 0 Å². The second-order valence-corrected chi connectivity index (χ2v) is 12.1. The quantitative estimate of drug-likeness (QED) is 0.340. The number of benzene rings is 2. The van der Waals surface area contributed by atoms with Gasteiger partial charge in [0.05, 0.1) is 29.0 Å². The smallest absolute Gasteiger partial charge is 0.392 e. The fraction of sp³-hybridized carbons (Fsp3) is 0.533. The number of carbonyl (C=O) groups excluding carboxylic acids is 2. The minimum Gasteiger partial charge on any atom is -0.460 e. The Balaban J connectivity index is 1.60. The second-order valence-electron chi connectivity index (χ2n) is 11.7. The molecule has 206 valence electrons. The highest BCUT2D eigenvalue weighted by Gasteiger charge is 2.45. The van der Waals surface area contributed by atoms with E-state index in [0.717, 1.165) is 55.7 Å². The number of carbonyl (C=O) groups is 2. The summed E-state index contributed by atoms with van der Waals surface area (Å²) in [6.07, 6.45) is 0.221. The molecule has 0 aliphatic heterocycles. The van der Waals surface area contributed by atoms with Crippen LogP contribution in [0.1, 0.15) is 87.5 Å². The number of hydrogen-bond acceptors (Lipinski definition) is 3. The molecule has 2 aliphatic rings. The van der Waals surface area contributed by atoms with Crippen molar-refractivity contribution in [1.82, 2.24) is 0 Å². The van der Waals surface area contributed by atoms with E-state index in [-0.39, 0.29) is 29.0 Å². The number of rotatable bonds is 8. The van der Waals surface area contributed by atoms with E-state index in [1.165, 1.54) is 0 Å². The molecule has 0 aromatic heterocycles. The molecular weight excluding hydrogens is 515 g/mol. The number of ether oxygens (including phenoxy) is 1. The second kappa shape index (κ2) is 10.9. The van der Waals surface area contributed by atoms with Gasteiger partial charge in [-0.3, -0.25) is 9.59 Å². The predicted octanol–water partition coefficient (Wildman–Crippen LogP) is 7.97. The van der Waals surface area contributed by atoms with E-state index in [1.807, 2.05) is 32.9 Å². The van der Waals surface area contributed by atoms with Gasteiger partial charge in [0.15, 0.2) is 0 Å². The van der Waals surface area contributed by atoms with Crippen LogP contribution in [-0.4, -0.2) is 23.7 Å². The molecule has 1 fully saturated rings. The number of amides is 1. The Kier molecular flexibility index (Phi) is 8.17. The maximum absolute atomic E-state index is 13.9. The van der Waals surface area contributed by atoms with Crippen LogP contribution in [0.3, 0.4) is 0 Å². The molecule has 2 aromatic rings. The van der Waals surface area contributed by atoms with Crippen LogP contribution in [-0.2, 0) is 27.2 Å². The Hall–Kier alpha value is -2.54. The Morgan fingerprint density at radius 1 is 1.03 bits per heavy atom. The van der Waals surface area contributed by atoms with E-state index in [9.17, 15) is 22.8 Å². The first-order valence-electron chi connectivity index (χ1n) is 13.2. The van der Waals surface area contributed by atoms with Crippen LogP contribution in [0, 0.1) is 11.8 Å². The zero-order valence-corrected chi connectivity index (χ0v) is 23.0. The number of hydrogen-bond donors (Lipinski definition) is 1. The monoisotopic (exact) mass is 549 g/mol. The van der Waals surface area contributed by atoms with E-state index in [0.29, 0.717) is 11.5 Å². The molecule has 3 atom stereocenters. The summed E-state index contributed by atoms with van der Waals surface area (Å²) in [5.74, 6) is -4.22. The summed E-state index contributed by atoms with van der Waals surface area (Å²) in [5.41, 5.74) is 2.91. The summed E-state index contributed by atoms with van der Waals surface area (Å²) in [7, 11) is 0. The fourth-order valence-corrected chi connectivity index (χ4v) is 5.50. The van der Waals surface area contributed by atoms with E-state index in [2.05, 4.69) is 5.32 Å². The van der Waals surface area contributed by atoms with Crippen LogP contribution >= 0.6 is 11.6 Å². The summed E-state index contributed by atoms with van der Waals surface area (Å²) >= 11 is 6.40. The van der Waals surface area contributed by atoms with Gasteiger partial charge in [0.1, 0.15) is 5.60 Å². The summed E-state index contributed by atoms with van der Waals surface area (Å²) < 4.78 is 47.2. The summed E-state index contributed by atoms with van der Waals surface area (Å²) in [6.45, 7) is 6.48. The van der Waals surface area contributed by atoms with Crippen molar-refractivity contribution in [1.29, 1.82) is 0 Å². The number of alkyl halides is 3. The lowest BCUT2D eigenvalue weighted by Gasteiger charge is -2.27. The number of aryl methyl sites for hydroxylation is 2. The zero-order valence-electron chi connectivity index (χ0n) is 22.3. The lowest BCUT2D eigenvalue weighted by molar-refractivity contribution is -0.178. The number of anilines is 1. The minimum atomic E-state index is -4.56. The third-order valence-electron chi connectivity index (χ3n) is 7.45. The highest BCUT2D eigenvalue weighted by Crippen LogP contribution is 2.46. The van der Waals surface area contributed by atoms with Gasteiger partial charge in [0, 0.05) is 0 Å². The SMILES string of the molecule is CC(C(C(=O)Nc1cc(C(CC(=O)OC(C)(C)C)C2CC2)ccc1Cl)c1ccc2c(c1)CCC2)C(F)(F)F. The highest BCUT2D eigenvalue weighted by molar-refractivity contribution is 6.33. The first-order chi connectivity index (χ1) is 17.7. The molecule has 0 radical (unpaired) electrons.